The molecule has 4 N–H and O–H groups in total. The van der Waals surface area contributed by atoms with E-state index in [1.54, 1.807) is 12.1 Å². The van der Waals surface area contributed by atoms with Crippen LogP contribution in [-0.2, 0) is 4.79 Å². The van der Waals surface area contributed by atoms with Gasteiger partial charge in [0.15, 0.2) is 17.6 Å². The predicted octanol–water partition coefficient (Wildman–Crippen LogP) is 1.78. The number of methoxy groups -OCH3 is 1. The van der Waals surface area contributed by atoms with Crippen LogP contribution >= 0.6 is 0 Å². The zero-order valence-corrected chi connectivity index (χ0v) is 16.0. The number of amides is 1. The standard InChI is InChI=1S/C20H17F2N3O6/c1-31-15-5-3-2-4-11(15)17(18(27)20(29)30)23-19(28)13-9-16(26)25(24-13)14-7-6-10(21)8-12(14)22/h2-9,17-18,26-27H,1H3,(H,23,28)(H,29,30)/t17-,18-/m1/s1. The van der Waals surface area contributed by atoms with Crippen molar-refractivity contribution in [3.05, 3.63) is 71.4 Å². The van der Waals surface area contributed by atoms with Gasteiger partial charge in [0.2, 0.25) is 5.88 Å². The molecule has 0 saturated heterocycles. The molecule has 1 amide bonds. The molecule has 1 heterocycles. The van der Waals surface area contributed by atoms with Gasteiger partial charge in [-0.05, 0) is 18.2 Å². The summed E-state index contributed by atoms with van der Waals surface area (Å²) in [7, 11) is 1.34. The average Bonchev–Trinajstić information content (AvgIpc) is 3.12. The number of aromatic nitrogens is 2. The number of aliphatic hydroxyl groups is 1. The number of hydrogen-bond donors (Lipinski definition) is 4. The number of aromatic hydroxyl groups is 1. The molecule has 9 nitrogen and oxygen atoms in total. The van der Waals surface area contributed by atoms with Crippen molar-refractivity contribution in [2.24, 2.45) is 0 Å². The molecule has 0 unspecified atom stereocenters. The van der Waals surface area contributed by atoms with Crippen molar-refractivity contribution in [1.82, 2.24) is 15.1 Å². The number of ether oxygens (including phenoxy) is 1. The van der Waals surface area contributed by atoms with E-state index in [9.17, 15) is 33.7 Å². The lowest BCUT2D eigenvalue weighted by atomic mass is 10.00. The summed E-state index contributed by atoms with van der Waals surface area (Å²) in [4.78, 5) is 24.1. The molecule has 0 aliphatic carbocycles. The van der Waals surface area contributed by atoms with E-state index in [2.05, 4.69) is 10.4 Å². The number of para-hydroxylation sites is 1. The Morgan fingerprint density at radius 1 is 1.16 bits per heavy atom. The van der Waals surface area contributed by atoms with Crippen LogP contribution in [-0.4, -0.2) is 50.2 Å². The van der Waals surface area contributed by atoms with E-state index in [0.29, 0.717) is 10.7 Å². The lowest BCUT2D eigenvalue weighted by Crippen LogP contribution is -2.40. The fraction of sp³-hybridized carbons (Fsp3) is 0.150. The fourth-order valence-corrected chi connectivity index (χ4v) is 2.92. The first-order chi connectivity index (χ1) is 14.7. The van der Waals surface area contributed by atoms with Gasteiger partial charge in [0.05, 0.1) is 13.2 Å². The molecule has 0 bridgehead atoms. The van der Waals surface area contributed by atoms with Crippen LogP contribution in [0.25, 0.3) is 5.69 Å². The van der Waals surface area contributed by atoms with E-state index in [1.165, 1.54) is 19.2 Å². The molecule has 1 aromatic heterocycles. The third kappa shape index (κ3) is 4.46. The van der Waals surface area contributed by atoms with Crippen LogP contribution in [0.4, 0.5) is 8.78 Å². The first kappa shape index (κ1) is 21.7. The minimum atomic E-state index is -2.04. The van der Waals surface area contributed by atoms with E-state index in [-0.39, 0.29) is 17.0 Å². The summed E-state index contributed by atoms with van der Waals surface area (Å²) in [6.07, 6.45) is -2.04. The Morgan fingerprint density at radius 3 is 2.52 bits per heavy atom. The molecule has 31 heavy (non-hydrogen) atoms. The van der Waals surface area contributed by atoms with Crippen molar-refractivity contribution in [2.75, 3.05) is 7.11 Å². The first-order valence-electron chi connectivity index (χ1n) is 8.82. The molecule has 0 aliphatic heterocycles. The van der Waals surface area contributed by atoms with Crippen LogP contribution < -0.4 is 10.1 Å². The van der Waals surface area contributed by atoms with Crippen LogP contribution in [0.1, 0.15) is 22.1 Å². The second-order valence-electron chi connectivity index (χ2n) is 6.37. The molecule has 2 aromatic carbocycles. The van der Waals surface area contributed by atoms with Gasteiger partial charge < -0.3 is 25.4 Å². The van der Waals surface area contributed by atoms with Gasteiger partial charge in [-0.3, -0.25) is 4.79 Å². The van der Waals surface area contributed by atoms with Gasteiger partial charge in [-0.2, -0.15) is 9.78 Å². The Labute approximate surface area is 174 Å². The Bertz CT molecular complexity index is 1130. The maximum atomic E-state index is 14.0. The van der Waals surface area contributed by atoms with Crippen molar-refractivity contribution in [1.29, 1.82) is 0 Å². The molecule has 2 atom stereocenters. The zero-order valence-electron chi connectivity index (χ0n) is 16.0. The van der Waals surface area contributed by atoms with Crippen molar-refractivity contribution in [3.8, 4) is 17.3 Å². The summed E-state index contributed by atoms with van der Waals surface area (Å²) in [6.45, 7) is 0. The number of aliphatic hydroxyl groups excluding tert-OH is 1. The topological polar surface area (TPSA) is 134 Å². The normalized spacial score (nSPS) is 12.8. The second-order valence-corrected chi connectivity index (χ2v) is 6.37. The highest BCUT2D eigenvalue weighted by Crippen LogP contribution is 2.28. The number of carboxylic acid groups (broad SMARTS) is 1. The van der Waals surface area contributed by atoms with Crippen molar-refractivity contribution in [3.63, 3.8) is 0 Å². The quantitative estimate of drug-likeness (QED) is 0.446. The zero-order chi connectivity index (χ0) is 22.7. The van der Waals surface area contributed by atoms with E-state index >= 15 is 0 Å². The van der Waals surface area contributed by atoms with E-state index in [0.717, 1.165) is 18.2 Å². The Hall–Kier alpha value is -3.99. The molecule has 0 spiro atoms. The van der Waals surface area contributed by atoms with Crippen LogP contribution in [0.5, 0.6) is 11.6 Å². The highest BCUT2D eigenvalue weighted by Gasteiger charge is 2.32. The van der Waals surface area contributed by atoms with Crippen LogP contribution in [0.15, 0.2) is 48.5 Å². The number of halogens is 2. The number of carbonyl (C=O) groups is 2. The predicted molar refractivity (Wildman–Crippen MR) is 102 cm³/mol. The van der Waals surface area contributed by atoms with Gasteiger partial charge in [0.25, 0.3) is 5.91 Å². The minimum Gasteiger partial charge on any atom is -0.496 e. The third-order valence-electron chi connectivity index (χ3n) is 4.39. The van der Waals surface area contributed by atoms with Gasteiger partial charge >= 0.3 is 5.97 Å². The summed E-state index contributed by atoms with van der Waals surface area (Å²) in [6, 6.07) is 8.17. The van der Waals surface area contributed by atoms with Crippen LogP contribution in [0.3, 0.4) is 0 Å². The van der Waals surface area contributed by atoms with Crippen LogP contribution in [0.2, 0.25) is 0 Å². The number of nitrogens with one attached hydrogen (secondary N) is 1. The van der Waals surface area contributed by atoms with Gasteiger partial charge in [-0.15, -0.1) is 0 Å². The molecule has 11 heteroatoms. The van der Waals surface area contributed by atoms with Gasteiger partial charge in [-0.1, -0.05) is 18.2 Å². The van der Waals surface area contributed by atoms with Crippen molar-refractivity contribution in [2.45, 2.75) is 12.1 Å². The van der Waals surface area contributed by atoms with Crippen molar-refractivity contribution >= 4 is 11.9 Å². The molecular formula is C20H17F2N3O6. The summed E-state index contributed by atoms with van der Waals surface area (Å²) in [5, 5.41) is 35.5. The Kier molecular flexibility index (Phi) is 6.16. The number of nitrogens with zero attached hydrogens (tertiary/aromatic N) is 2. The molecular weight excluding hydrogens is 416 g/mol. The SMILES string of the molecule is COc1ccccc1[C@@H](NC(=O)c1cc(O)n(-c2ccc(F)cc2F)n1)[C@@H](O)C(=O)O. The molecule has 0 aliphatic rings. The number of carboxylic acids is 1. The van der Waals surface area contributed by atoms with Gasteiger partial charge in [-0.25, -0.2) is 13.6 Å². The molecule has 3 aromatic rings. The monoisotopic (exact) mass is 433 g/mol. The van der Waals surface area contributed by atoms with Crippen molar-refractivity contribution < 1.29 is 38.4 Å². The average molecular weight is 433 g/mol. The van der Waals surface area contributed by atoms with Crippen LogP contribution in [0, 0.1) is 11.6 Å². The molecule has 3 rings (SSSR count). The van der Waals surface area contributed by atoms with Gasteiger partial charge in [0, 0.05) is 17.7 Å². The van der Waals surface area contributed by atoms with E-state index in [1.807, 2.05) is 0 Å². The first-order valence-corrected chi connectivity index (χ1v) is 8.82. The Morgan fingerprint density at radius 2 is 1.87 bits per heavy atom. The second kappa shape index (κ2) is 8.79. The molecule has 162 valence electrons. The highest BCUT2D eigenvalue weighted by molar-refractivity contribution is 5.93. The minimum absolute atomic E-state index is 0.182. The lowest BCUT2D eigenvalue weighted by Gasteiger charge is -2.23. The molecule has 0 radical (unpaired) electrons. The number of benzene rings is 2. The number of rotatable bonds is 7. The maximum absolute atomic E-state index is 14.0. The summed E-state index contributed by atoms with van der Waals surface area (Å²) in [5.41, 5.74) is -0.537. The largest absolute Gasteiger partial charge is 0.496 e. The maximum Gasteiger partial charge on any atom is 0.335 e. The number of hydrogen-bond acceptors (Lipinski definition) is 6. The fourth-order valence-electron chi connectivity index (χ4n) is 2.92. The number of carbonyl (C=O) groups excluding carboxylic acids is 1. The molecule has 0 saturated carbocycles. The Balaban J connectivity index is 1.95. The summed E-state index contributed by atoms with van der Waals surface area (Å²) in [5.74, 6) is -4.84. The van der Waals surface area contributed by atoms with E-state index in [4.69, 9.17) is 4.74 Å². The number of aliphatic carboxylic acids is 1. The lowest BCUT2D eigenvalue weighted by molar-refractivity contribution is -0.148. The van der Waals surface area contributed by atoms with Gasteiger partial charge in [0.1, 0.15) is 17.3 Å². The van der Waals surface area contributed by atoms with E-state index < -0.39 is 47.2 Å². The third-order valence-corrected chi connectivity index (χ3v) is 4.39. The summed E-state index contributed by atoms with van der Waals surface area (Å²) >= 11 is 0. The highest BCUT2D eigenvalue weighted by atomic mass is 19.1. The smallest absolute Gasteiger partial charge is 0.335 e. The summed E-state index contributed by atoms with van der Waals surface area (Å²) < 4.78 is 33.0. The molecule has 0 fully saturated rings.